The molecule has 0 radical (unpaired) electrons. The van der Waals surface area contributed by atoms with Gasteiger partial charge in [0.1, 0.15) is 0 Å². The van der Waals surface area contributed by atoms with Crippen LogP contribution in [0, 0.1) is 11.3 Å². The molecule has 1 saturated heterocycles. The molecule has 2 fully saturated rings. The van der Waals surface area contributed by atoms with Crippen LogP contribution in [0.1, 0.15) is 58.8 Å². The summed E-state index contributed by atoms with van der Waals surface area (Å²) < 4.78 is 0. The highest BCUT2D eigenvalue weighted by molar-refractivity contribution is 5.79. The van der Waals surface area contributed by atoms with Crippen molar-refractivity contribution in [2.45, 2.75) is 64.8 Å². The molecule has 0 aromatic rings. The molecule has 2 N–H and O–H groups in total. The van der Waals surface area contributed by atoms with Gasteiger partial charge in [-0.25, -0.2) is 0 Å². The Kier molecular flexibility index (Phi) is 4.66. The van der Waals surface area contributed by atoms with Gasteiger partial charge >= 0.3 is 0 Å². The van der Waals surface area contributed by atoms with Crippen molar-refractivity contribution in [1.29, 1.82) is 0 Å². The number of amides is 1. The Hall–Kier alpha value is -0.570. The van der Waals surface area contributed by atoms with Crippen molar-refractivity contribution >= 4 is 5.91 Å². The molecule has 0 aromatic carbocycles. The van der Waals surface area contributed by atoms with E-state index in [0.717, 1.165) is 25.9 Å². The molecular weight excluding hydrogens is 224 g/mol. The summed E-state index contributed by atoms with van der Waals surface area (Å²) in [6.45, 7) is 6.47. The van der Waals surface area contributed by atoms with Gasteiger partial charge in [0.2, 0.25) is 5.91 Å². The van der Waals surface area contributed by atoms with Crippen molar-refractivity contribution < 1.29 is 4.79 Å². The number of carbonyl (C=O) groups excluding carboxylic acids is 1. The molecule has 1 aliphatic heterocycles. The summed E-state index contributed by atoms with van der Waals surface area (Å²) in [5.74, 6) is 0.514. The molecular formula is C15H28N2O. The van der Waals surface area contributed by atoms with E-state index in [1.807, 2.05) is 0 Å². The lowest BCUT2D eigenvalue weighted by molar-refractivity contribution is -0.130. The van der Waals surface area contributed by atoms with Crippen LogP contribution in [0.4, 0.5) is 0 Å². The van der Waals surface area contributed by atoms with Crippen LogP contribution in [0.2, 0.25) is 0 Å². The zero-order valence-electron chi connectivity index (χ0n) is 11.9. The number of carbonyl (C=O) groups is 1. The van der Waals surface area contributed by atoms with Gasteiger partial charge in [-0.2, -0.15) is 0 Å². The molecule has 0 aromatic heterocycles. The number of rotatable bonds is 4. The van der Waals surface area contributed by atoms with E-state index in [4.69, 9.17) is 0 Å². The number of hydrogen-bond donors (Lipinski definition) is 2. The van der Waals surface area contributed by atoms with E-state index < -0.39 is 0 Å². The lowest BCUT2D eigenvalue weighted by atomic mass is 9.68. The van der Waals surface area contributed by atoms with Crippen molar-refractivity contribution in [1.82, 2.24) is 10.6 Å². The maximum absolute atomic E-state index is 12.3. The van der Waals surface area contributed by atoms with E-state index in [0.29, 0.717) is 6.04 Å². The van der Waals surface area contributed by atoms with E-state index in [-0.39, 0.29) is 17.2 Å². The minimum Gasteiger partial charge on any atom is -0.356 e. The predicted molar refractivity (Wildman–Crippen MR) is 74.4 cm³/mol. The average molecular weight is 252 g/mol. The van der Waals surface area contributed by atoms with Crippen molar-refractivity contribution in [3.63, 3.8) is 0 Å². The zero-order valence-corrected chi connectivity index (χ0v) is 11.9. The van der Waals surface area contributed by atoms with Gasteiger partial charge < -0.3 is 10.6 Å². The van der Waals surface area contributed by atoms with Gasteiger partial charge in [-0.05, 0) is 44.1 Å². The second-order valence-corrected chi connectivity index (χ2v) is 6.66. The summed E-state index contributed by atoms with van der Waals surface area (Å²) >= 11 is 0. The molecule has 104 valence electrons. The third kappa shape index (κ3) is 3.47. The largest absolute Gasteiger partial charge is 0.356 e. The summed E-state index contributed by atoms with van der Waals surface area (Å²) in [5, 5.41) is 6.63. The van der Waals surface area contributed by atoms with Crippen LogP contribution in [-0.4, -0.2) is 25.0 Å². The van der Waals surface area contributed by atoms with Crippen LogP contribution in [0.15, 0.2) is 0 Å². The molecule has 1 heterocycles. The smallest absolute Gasteiger partial charge is 0.223 e. The Balaban J connectivity index is 1.73. The van der Waals surface area contributed by atoms with E-state index in [1.165, 1.54) is 32.1 Å². The normalized spacial score (nSPS) is 31.2. The second kappa shape index (κ2) is 6.05. The Labute approximate surface area is 111 Å². The van der Waals surface area contributed by atoms with E-state index >= 15 is 0 Å². The fourth-order valence-corrected chi connectivity index (χ4v) is 3.48. The predicted octanol–water partition coefficient (Wildman–Crippen LogP) is 2.46. The van der Waals surface area contributed by atoms with Gasteiger partial charge in [0.05, 0.1) is 0 Å². The Morgan fingerprint density at radius 3 is 2.78 bits per heavy atom. The molecule has 18 heavy (non-hydrogen) atoms. The van der Waals surface area contributed by atoms with Crippen LogP contribution >= 0.6 is 0 Å². The SMILES string of the molecule is CC1(C)CCCCC1C(=O)NCCC1CCCN1. The monoisotopic (exact) mass is 252 g/mol. The quantitative estimate of drug-likeness (QED) is 0.807. The lowest BCUT2D eigenvalue weighted by Gasteiger charge is -2.37. The van der Waals surface area contributed by atoms with Gasteiger partial charge in [-0.15, -0.1) is 0 Å². The molecule has 2 rings (SSSR count). The van der Waals surface area contributed by atoms with Gasteiger partial charge in [0.15, 0.2) is 0 Å². The van der Waals surface area contributed by atoms with Crippen molar-refractivity contribution in [2.24, 2.45) is 11.3 Å². The van der Waals surface area contributed by atoms with Gasteiger partial charge in [-0.3, -0.25) is 4.79 Å². The minimum absolute atomic E-state index is 0.188. The standard InChI is InChI=1S/C15H28N2O/c1-15(2)9-4-3-7-13(15)14(18)17-11-8-12-6-5-10-16-12/h12-13,16H,3-11H2,1-2H3,(H,17,18). The van der Waals surface area contributed by atoms with Crippen LogP contribution in [0.3, 0.4) is 0 Å². The number of hydrogen-bond acceptors (Lipinski definition) is 2. The topological polar surface area (TPSA) is 41.1 Å². The second-order valence-electron chi connectivity index (χ2n) is 6.66. The number of nitrogens with one attached hydrogen (secondary N) is 2. The third-order valence-electron chi connectivity index (χ3n) is 4.78. The molecule has 0 bridgehead atoms. The Bertz CT molecular complexity index is 282. The zero-order chi connectivity index (χ0) is 13.0. The molecule has 3 heteroatoms. The fraction of sp³-hybridized carbons (Fsp3) is 0.933. The average Bonchev–Trinajstić information content (AvgIpc) is 2.81. The van der Waals surface area contributed by atoms with Gasteiger partial charge in [-0.1, -0.05) is 26.7 Å². The summed E-state index contributed by atoms with van der Waals surface area (Å²) in [5.41, 5.74) is 0.188. The van der Waals surface area contributed by atoms with Crippen LogP contribution in [0.25, 0.3) is 0 Å². The first kappa shape index (κ1) is 13.9. The van der Waals surface area contributed by atoms with E-state index in [9.17, 15) is 4.79 Å². The van der Waals surface area contributed by atoms with Crippen molar-refractivity contribution in [2.75, 3.05) is 13.1 Å². The van der Waals surface area contributed by atoms with Crippen LogP contribution < -0.4 is 10.6 Å². The third-order valence-corrected chi connectivity index (χ3v) is 4.78. The molecule has 2 unspecified atom stereocenters. The van der Waals surface area contributed by atoms with Crippen LogP contribution in [0.5, 0.6) is 0 Å². The van der Waals surface area contributed by atoms with Crippen molar-refractivity contribution in [3.05, 3.63) is 0 Å². The van der Waals surface area contributed by atoms with Gasteiger partial charge in [0, 0.05) is 18.5 Å². The molecule has 1 saturated carbocycles. The van der Waals surface area contributed by atoms with E-state index in [1.54, 1.807) is 0 Å². The Morgan fingerprint density at radius 1 is 1.28 bits per heavy atom. The summed E-state index contributed by atoms with van der Waals surface area (Å²) in [4.78, 5) is 12.3. The lowest BCUT2D eigenvalue weighted by Crippen LogP contribution is -2.42. The van der Waals surface area contributed by atoms with Gasteiger partial charge in [0.25, 0.3) is 0 Å². The first-order chi connectivity index (χ1) is 8.59. The molecule has 3 nitrogen and oxygen atoms in total. The molecule has 1 aliphatic carbocycles. The highest BCUT2D eigenvalue weighted by atomic mass is 16.1. The minimum atomic E-state index is 0.188. The fourth-order valence-electron chi connectivity index (χ4n) is 3.48. The Morgan fingerprint density at radius 2 is 2.11 bits per heavy atom. The summed E-state index contributed by atoms with van der Waals surface area (Å²) in [6, 6.07) is 0.629. The molecule has 1 amide bonds. The first-order valence-electron chi connectivity index (χ1n) is 7.61. The molecule has 0 spiro atoms. The highest BCUT2D eigenvalue weighted by Crippen LogP contribution is 2.40. The highest BCUT2D eigenvalue weighted by Gasteiger charge is 2.36. The summed E-state index contributed by atoms with van der Waals surface area (Å²) in [6.07, 6.45) is 8.39. The summed E-state index contributed by atoms with van der Waals surface area (Å²) in [7, 11) is 0. The van der Waals surface area contributed by atoms with Crippen molar-refractivity contribution in [3.8, 4) is 0 Å². The molecule has 2 atom stereocenters. The first-order valence-corrected chi connectivity index (χ1v) is 7.61. The van der Waals surface area contributed by atoms with Crippen LogP contribution in [-0.2, 0) is 4.79 Å². The molecule has 2 aliphatic rings. The van der Waals surface area contributed by atoms with E-state index in [2.05, 4.69) is 24.5 Å². The maximum Gasteiger partial charge on any atom is 0.223 e. The maximum atomic E-state index is 12.3.